The summed E-state index contributed by atoms with van der Waals surface area (Å²) < 4.78 is 14.5. The average molecular weight is 349 g/mol. The molecule has 0 bridgehead atoms. The van der Waals surface area contributed by atoms with Crippen LogP contribution in [0.5, 0.6) is 0 Å². The first-order valence-electron chi connectivity index (χ1n) is 6.64. The molecule has 2 aromatic rings. The molecule has 2 aromatic carbocycles. The van der Waals surface area contributed by atoms with Gasteiger partial charge in [-0.1, -0.05) is 28.1 Å². The summed E-state index contributed by atoms with van der Waals surface area (Å²) in [6.07, 6.45) is 1.52. The van der Waals surface area contributed by atoms with Crippen molar-refractivity contribution in [2.45, 2.75) is 18.3 Å². The molecule has 0 aromatic heterocycles. The van der Waals surface area contributed by atoms with Crippen LogP contribution in [0.25, 0.3) is 0 Å². The summed E-state index contributed by atoms with van der Waals surface area (Å²) in [5.41, 5.74) is 6.89. The summed E-state index contributed by atoms with van der Waals surface area (Å²) >= 11 is 3.27. The molecule has 1 saturated carbocycles. The van der Waals surface area contributed by atoms with E-state index in [4.69, 9.17) is 5.73 Å². The van der Waals surface area contributed by atoms with Crippen LogP contribution in [-0.2, 0) is 10.2 Å². The Hall–Kier alpha value is -1.88. The molecule has 0 atom stereocenters. The molecule has 0 saturated heterocycles. The van der Waals surface area contributed by atoms with Crippen LogP contribution in [-0.4, -0.2) is 5.91 Å². The van der Waals surface area contributed by atoms with Crippen molar-refractivity contribution in [3.05, 3.63) is 58.3 Å². The molecule has 0 aliphatic heterocycles. The van der Waals surface area contributed by atoms with Crippen LogP contribution >= 0.6 is 15.9 Å². The molecule has 0 spiro atoms. The predicted molar refractivity (Wildman–Crippen MR) is 84.5 cm³/mol. The van der Waals surface area contributed by atoms with E-state index in [1.165, 1.54) is 6.07 Å². The molecule has 0 radical (unpaired) electrons. The Morgan fingerprint density at radius 3 is 2.48 bits per heavy atom. The maximum atomic E-state index is 13.7. The second-order valence-electron chi connectivity index (χ2n) is 5.28. The number of amides is 1. The molecule has 0 heterocycles. The lowest BCUT2D eigenvalue weighted by atomic mass is 9.94. The average Bonchev–Trinajstić information content (AvgIpc) is 3.25. The normalized spacial score (nSPS) is 15.5. The number of anilines is 2. The van der Waals surface area contributed by atoms with Gasteiger partial charge >= 0.3 is 0 Å². The van der Waals surface area contributed by atoms with Crippen molar-refractivity contribution in [3.63, 3.8) is 0 Å². The van der Waals surface area contributed by atoms with Gasteiger partial charge in [0.05, 0.1) is 11.1 Å². The summed E-state index contributed by atoms with van der Waals surface area (Å²) in [5, 5.41) is 2.69. The maximum absolute atomic E-state index is 13.7. The maximum Gasteiger partial charge on any atom is 0.235 e. The van der Waals surface area contributed by atoms with Gasteiger partial charge in [0.25, 0.3) is 0 Å². The van der Waals surface area contributed by atoms with Crippen molar-refractivity contribution in [1.82, 2.24) is 0 Å². The number of halogens is 2. The standard InChI is InChI=1S/C16H14BrFN2O/c17-11-3-6-13(18)14(9-11)20-15(21)16(7-8-16)10-1-4-12(19)5-2-10/h1-6,9H,7-8,19H2,(H,20,21). The van der Waals surface area contributed by atoms with Gasteiger partial charge in [-0.2, -0.15) is 0 Å². The molecular weight excluding hydrogens is 335 g/mol. The number of nitrogens with one attached hydrogen (secondary N) is 1. The fourth-order valence-electron chi connectivity index (χ4n) is 2.41. The van der Waals surface area contributed by atoms with Gasteiger partial charge in [-0.05, 0) is 48.7 Å². The quantitative estimate of drug-likeness (QED) is 0.828. The van der Waals surface area contributed by atoms with Crippen molar-refractivity contribution in [3.8, 4) is 0 Å². The van der Waals surface area contributed by atoms with Gasteiger partial charge in [0.1, 0.15) is 5.82 Å². The lowest BCUT2D eigenvalue weighted by molar-refractivity contribution is -0.118. The number of rotatable bonds is 3. The fourth-order valence-corrected chi connectivity index (χ4v) is 2.77. The molecule has 21 heavy (non-hydrogen) atoms. The van der Waals surface area contributed by atoms with E-state index in [0.717, 1.165) is 22.9 Å². The molecule has 3 N–H and O–H groups in total. The van der Waals surface area contributed by atoms with E-state index in [1.807, 2.05) is 12.1 Å². The van der Waals surface area contributed by atoms with E-state index in [2.05, 4.69) is 21.2 Å². The van der Waals surface area contributed by atoms with Crippen molar-refractivity contribution in [1.29, 1.82) is 0 Å². The van der Waals surface area contributed by atoms with Gasteiger partial charge in [0, 0.05) is 10.2 Å². The zero-order chi connectivity index (χ0) is 15.0. The minimum absolute atomic E-state index is 0.177. The third-order valence-corrected chi connectivity index (χ3v) is 4.32. The van der Waals surface area contributed by atoms with Crippen LogP contribution in [0.15, 0.2) is 46.9 Å². The number of carbonyl (C=O) groups excluding carboxylic acids is 1. The number of hydrogen-bond acceptors (Lipinski definition) is 2. The summed E-state index contributed by atoms with van der Waals surface area (Å²) in [4.78, 5) is 12.5. The molecule has 3 nitrogen and oxygen atoms in total. The van der Waals surface area contributed by atoms with Gasteiger partial charge in [-0.3, -0.25) is 4.79 Å². The lowest BCUT2D eigenvalue weighted by Gasteiger charge is -2.16. The highest BCUT2D eigenvalue weighted by atomic mass is 79.9. The number of carbonyl (C=O) groups is 1. The Morgan fingerprint density at radius 1 is 1.19 bits per heavy atom. The van der Waals surface area contributed by atoms with Crippen LogP contribution in [0.3, 0.4) is 0 Å². The Morgan fingerprint density at radius 2 is 1.86 bits per heavy atom. The predicted octanol–water partition coefficient (Wildman–Crippen LogP) is 3.84. The van der Waals surface area contributed by atoms with Gasteiger partial charge in [0.2, 0.25) is 5.91 Å². The second-order valence-corrected chi connectivity index (χ2v) is 6.20. The van der Waals surface area contributed by atoms with E-state index >= 15 is 0 Å². The van der Waals surface area contributed by atoms with Crippen molar-refractivity contribution < 1.29 is 9.18 Å². The topological polar surface area (TPSA) is 55.1 Å². The Kier molecular flexibility index (Phi) is 3.45. The Bertz CT molecular complexity index is 696. The molecule has 0 unspecified atom stereocenters. The first-order valence-corrected chi connectivity index (χ1v) is 7.43. The van der Waals surface area contributed by atoms with Crippen molar-refractivity contribution in [2.75, 3.05) is 11.1 Å². The van der Waals surface area contributed by atoms with Crippen LogP contribution < -0.4 is 11.1 Å². The van der Waals surface area contributed by atoms with Gasteiger partial charge in [0.15, 0.2) is 0 Å². The largest absolute Gasteiger partial charge is 0.399 e. The minimum Gasteiger partial charge on any atom is -0.399 e. The molecular formula is C16H14BrFN2O. The van der Waals surface area contributed by atoms with Crippen LogP contribution in [0.2, 0.25) is 0 Å². The van der Waals surface area contributed by atoms with Crippen LogP contribution in [0, 0.1) is 5.82 Å². The first kappa shape index (κ1) is 14.1. The highest BCUT2D eigenvalue weighted by Crippen LogP contribution is 2.49. The zero-order valence-electron chi connectivity index (χ0n) is 11.2. The highest BCUT2D eigenvalue weighted by molar-refractivity contribution is 9.10. The number of hydrogen-bond donors (Lipinski definition) is 2. The summed E-state index contributed by atoms with van der Waals surface area (Å²) in [6, 6.07) is 11.8. The molecule has 1 aliphatic carbocycles. The summed E-state index contributed by atoms with van der Waals surface area (Å²) in [5.74, 6) is -0.621. The van der Waals surface area contributed by atoms with Crippen molar-refractivity contribution >= 4 is 33.2 Å². The second kappa shape index (κ2) is 5.15. The number of benzene rings is 2. The number of nitrogen functional groups attached to an aromatic ring is 1. The van der Waals surface area contributed by atoms with E-state index in [-0.39, 0.29) is 11.6 Å². The smallest absolute Gasteiger partial charge is 0.235 e. The third kappa shape index (κ3) is 2.65. The molecule has 108 valence electrons. The van der Waals surface area contributed by atoms with E-state index in [0.29, 0.717) is 5.69 Å². The van der Waals surface area contributed by atoms with Crippen LogP contribution in [0.1, 0.15) is 18.4 Å². The van der Waals surface area contributed by atoms with E-state index in [9.17, 15) is 9.18 Å². The molecule has 5 heteroatoms. The monoisotopic (exact) mass is 348 g/mol. The Labute approximate surface area is 130 Å². The Balaban J connectivity index is 1.85. The first-order chi connectivity index (χ1) is 10.0. The SMILES string of the molecule is Nc1ccc(C2(C(=O)Nc3cc(Br)ccc3F)CC2)cc1. The minimum atomic E-state index is -0.553. The van der Waals surface area contributed by atoms with E-state index < -0.39 is 11.2 Å². The zero-order valence-corrected chi connectivity index (χ0v) is 12.8. The van der Waals surface area contributed by atoms with Gasteiger partial charge < -0.3 is 11.1 Å². The number of nitrogens with two attached hydrogens (primary N) is 1. The lowest BCUT2D eigenvalue weighted by Crippen LogP contribution is -2.28. The van der Waals surface area contributed by atoms with E-state index in [1.54, 1.807) is 24.3 Å². The molecule has 3 rings (SSSR count). The third-order valence-electron chi connectivity index (χ3n) is 3.82. The molecule has 1 fully saturated rings. The highest BCUT2D eigenvalue weighted by Gasteiger charge is 2.51. The van der Waals surface area contributed by atoms with Crippen molar-refractivity contribution in [2.24, 2.45) is 0 Å². The molecule has 1 aliphatic rings. The fraction of sp³-hybridized carbons (Fsp3) is 0.188. The van der Waals surface area contributed by atoms with Gasteiger partial charge in [-0.25, -0.2) is 4.39 Å². The summed E-state index contributed by atoms with van der Waals surface area (Å²) in [6.45, 7) is 0. The van der Waals surface area contributed by atoms with Crippen LogP contribution in [0.4, 0.5) is 15.8 Å². The summed E-state index contributed by atoms with van der Waals surface area (Å²) in [7, 11) is 0. The molecule has 1 amide bonds. The van der Waals surface area contributed by atoms with Gasteiger partial charge in [-0.15, -0.1) is 0 Å².